The van der Waals surface area contributed by atoms with E-state index in [4.69, 9.17) is 4.74 Å². The smallest absolute Gasteiger partial charge is 0.109 e. The molecule has 3 heteroatoms. The summed E-state index contributed by atoms with van der Waals surface area (Å²) < 4.78 is 5.92. The number of nitrogens with one attached hydrogen (secondary N) is 1. The molecule has 0 aromatic rings. The van der Waals surface area contributed by atoms with Gasteiger partial charge in [-0.25, -0.2) is 0 Å². The van der Waals surface area contributed by atoms with Crippen LogP contribution in [0, 0.1) is 17.2 Å². The first-order chi connectivity index (χ1) is 8.49. The summed E-state index contributed by atoms with van der Waals surface area (Å²) in [4.78, 5) is 0. The zero-order chi connectivity index (χ0) is 13.6. The van der Waals surface area contributed by atoms with Crippen molar-refractivity contribution in [3.8, 4) is 6.07 Å². The highest BCUT2D eigenvalue weighted by atomic mass is 16.5. The molecular formula is C15H28N2O. The molecule has 0 saturated heterocycles. The van der Waals surface area contributed by atoms with Crippen LogP contribution < -0.4 is 5.32 Å². The van der Waals surface area contributed by atoms with Crippen molar-refractivity contribution in [1.29, 1.82) is 5.26 Å². The number of hydrogen-bond donors (Lipinski definition) is 1. The molecule has 1 aliphatic carbocycles. The second-order valence-electron chi connectivity index (χ2n) is 5.95. The third-order valence-electron chi connectivity index (χ3n) is 4.32. The Morgan fingerprint density at radius 2 is 2.17 bits per heavy atom. The summed E-state index contributed by atoms with van der Waals surface area (Å²) in [6.07, 6.45) is 5.30. The Morgan fingerprint density at radius 3 is 2.72 bits per heavy atom. The molecule has 0 bridgehead atoms. The fourth-order valence-corrected chi connectivity index (χ4v) is 2.78. The van der Waals surface area contributed by atoms with Gasteiger partial charge >= 0.3 is 0 Å². The first-order valence-corrected chi connectivity index (χ1v) is 7.30. The van der Waals surface area contributed by atoms with Crippen LogP contribution in [-0.4, -0.2) is 24.3 Å². The van der Waals surface area contributed by atoms with Crippen LogP contribution in [0.2, 0.25) is 0 Å². The first kappa shape index (κ1) is 15.5. The topological polar surface area (TPSA) is 45.0 Å². The van der Waals surface area contributed by atoms with E-state index in [0.29, 0.717) is 5.92 Å². The fraction of sp³-hybridized carbons (Fsp3) is 0.933. The van der Waals surface area contributed by atoms with Crippen LogP contribution in [0.25, 0.3) is 0 Å². The van der Waals surface area contributed by atoms with Gasteiger partial charge in [-0.05, 0) is 52.0 Å². The number of ether oxygens (including phenoxy) is 1. The molecule has 0 spiro atoms. The maximum atomic E-state index is 9.47. The summed E-state index contributed by atoms with van der Waals surface area (Å²) in [5.41, 5.74) is -0.333. The maximum Gasteiger partial charge on any atom is 0.109 e. The molecule has 104 valence electrons. The average Bonchev–Trinajstić information content (AvgIpc) is 2.73. The predicted molar refractivity (Wildman–Crippen MR) is 74.3 cm³/mol. The van der Waals surface area contributed by atoms with Gasteiger partial charge in [0.1, 0.15) is 5.54 Å². The van der Waals surface area contributed by atoms with Crippen LogP contribution in [0.15, 0.2) is 0 Å². The van der Waals surface area contributed by atoms with Crippen LogP contribution in [0.1, 0.15) is 59.8 Å². The van der Waals surface area contributed by atoms with E-state index in [1.807, 2.05) is 0 Å². The van der Waals surface area contributed by atoms with E-state index in [1.165, 1.54) is 0 Å². The van der Waals surface area contributed by atoms with E-state index >= 15 is 0 Å². The van der Waals surface area contributed by atoms with Crippen LogP contribution in [0.3, 0.4) is 0 Å². The number of nitrogens with zero attached hydrogens (tertiary/aromatic N) is 1. The van der Waals surface area contributed by atoms with Gasteiger partial charge in [-0.2, -0.15) is 5.26 Å². The van der Waals surface area contributed by atoms with Crippen molar-refractivity contribution in [2.24, 2.45) is 5.92 Å². The van der Waals surface area contributed by atoms with E-state index in [-0.39, 0.29) is 11.1 Å². The van der Waals surface area contributed by atoms with Crippen molar-refractivity contribution >= 4 is 0 Å². The molecule has 1 aliphatic rings. The third-order valence-corrected chi connectivity index (χ3v) is 4.32. The largest absolute Gasteiger partial charge is 0.376 e. The highest BCUT2D eigenvalue weighted by Crippen LogP contribution is 2.37. The lowest BCUT2D eigenvalue weighted by molar-refractivity contribution is -0.0276. The lowest BCUT2D eigenvalue weighted by Crippen LogP contribution is -2.47. The minimum atomic E-state index is -0.297. The second-order valence-corrected chi connectivity index (χ2v) is 5.95. The Morgan fingerprint density at radius 1 is 1.44 bits per heavy atom. The zero-order valence-corrected chi connectivity index (χ0v) is 12.4. The van der Waals surface area contributed by atoms with Crippen molar-refractivity contribution in [3.05, 3.63) is 0 Å². The summed E-state index contributed by atoms with van der Waals surface area (Å²) in [5, 5.41) is 12.9. The molecular weight excluding hydrogens is 224 g/mol. The molecule has 1 fully saturated rings. The molecule has 1 saturated carbocycles. The monoisotopic (exact) mass is 252 g/mol. The molecule has 1 rings (SSSR count). The third kappa shape index (κ3) is 3.70. The van der Waals surface area contributed by atoms with E-state index in [1.54, 1.807) is 0 Å². The normalized spacial score (nSPS) is 28.3. The van der Waals surface area contributed by atoms with Gasteiger partial charge < -0.3 is 4.74 Å². The minimum absolute atomic E-state index is 0.0356. The Labute approximate surface area is 112 Å². The summed E-state index contributed by atoms with van der Waals surface area (Å²) in [6.45, 7) is 10.1. The average molecular weight is 252 g/mol. The summed E-state index contributed by atoms with van der Waals surface area (Å²) in [5.74, 6) is 0.440. The molecule has 18 heavy (non-hydrogen) atoms. The van der Waals surface area contributed by atoms with E-state index in [2.05, 4.69) is 39.1 Å². The van der Waals surface area contributed by atoms with Crippen molar-refractivity contribution in [2.45, 2.75) is 70.9 Å². The summed E-state index contributed by atoms with van der Waals surface area (Å²) in [6, 6.07) is 2.52. The van der Waals surface area contributed by atoms with Crippen molar-refractivity contribution in [1.82, 2.24) is 5.32 Å². The second kappa shape index (κ2) is 6.54. The van der Waals surface area contributed by atoms with E-state index in [9.17, 15) is 5.26 Å². The highest BCUT2D eigenvalue weighted by Gasteiger charge is 2.42. The van der Waals surface area contributed by atoms with Gasteiger partial charge in [0.15, 0.2) is 0 Å². The molecule has 1 N–H and O–H groups in total. The predicted octanol–water partition coefficient (Wildman–Crippen LogP) is 3.25. The molecule has 0 heterocycles. The number of rotatable bonds is 7. The van der Waals surface area contributed by atoms with Gasteiger partial charge in [-0.15, -0.1) is 0 Å². The van der Waals surface area contributed by atoms with Gasteiger partial charge in [0.05, 0.1) is 11.7 Å². The van der Waals surface area contributed by atoms with Crippen molar-refractivity contribution in [2.75, 3.05) is 13.2 Å². The van der Waals surface area contributed by atoms with Gasteiger partial charge in [-0.3, -0.25) is 5.32 Å². The summed E-state index contributed by atoms with van der Waals surface area (Å²) in [7, 11) is 0. The van der Waals surface area contributed by atoms with Gasteiger partial charge in [0.2, 0.25) is 0 Å². The van der Waals surface area contributed by atoms with E-state index < -0.39 is 0 Å². The molecule has 2 unspecified atom stereocenters. The fourth-order valence-electron chi connectivity index (χ4n) is 2.78. The molecule has 0 aromatic heterocycles. The first-order valence-electron chi connectivity index (χ1n) is 7.30. The minimum Gasteiger partial charge on any atom is -0.376 e. The Hall–Kier alpha value is -0.590. The Kier molecular flexibility index (Phi) is 5.62. The summed E-state index contributed by atoms with van der Waals surface area (Å²) >= 11 is 0. The molecule has 2 atom stereocenters. The standard InChI is InChI=1S/C15H28N2O/c1-5-14(3,4)18-11-9-13-8-7-10-15(13,12-16)17-6-2/h13,17H,5-11H2,1-4H3. The Bertz CT molecular complexity index is 295. The Balaban J connectivity index is 2.48. The highest BCUT2D eigenvalue weighted by molar-refractivity contribution is 5.13. The van der Waals surface area contributed by atoms with Crippen LogP contribution >= 0.6 is 0 Å². The van der Waals surface area contributed by atoms with Crippen LogP contribution in [0.4, 0.5) is 0 Å². The van der Waals surface area contributed by atoms with Crippen LogP contribution in [0.5, 0.6) is 0 Å². The van der Waals surface area contributed by atoms with Crippen molar-refractivity contribution < 1.29 is 4.74 Å². The number of nitriles is 1. The lowest BCUT2D eigenvalue weighted by Gasteiger charge is -2.31. The molecule has 0 amide bonds. The van der Waals surface area contributed by atoms with E-state index in [0.717, 1.165) is 45.3 Å². The van der Waals surface area contributed by atoms with Gasteiger partial charge in [0, 0.05) is 6.61 Å². The van der Waals surface area contributed by atoms with Crippen LogP contribution in [-0.2, 0) is 4.74 Å². The van der Waals surface area contributed by atoms with Gasteiger partial charge in [-0.1, -0.05) is 20.3 Å². The molecule has 3 nitrogen and oxygen atoms in total. The molecule has 0 aliphatic heterocycles. The maximum absolute atomic E-state index is 9.47. The SMILES string of the molecule is CCNC1(C#N)CCCC1CCOC(C)(C)CC. The lowest BCUT2D eigenvalue weighted by atomic mass is 9.86. The number of hydrogen-bond acceptors (Lipinski definition) is 3. The molecule has 0 aromatic carbocycles. The molecule has 0 radical (unpaired) electrons. The zero-order valence-electron chi connectivity index (χ0n) is 12.4. The van der Waals surface area contributed by atoms with Crippen molar-refractivity contribution in [3.63, 3.8) is 0 Å². The van der Waals surface area contributed by atoms with Gasteiger partial charge in [0.25, 0.3) is 0 Å². The quantitative estimate of drug-likeness (QED) is 0.756.